The predicted molar refractivity (Wildman–Crippen MR) is 48.8 cm³/mol. The molecule has 0 heterocycles. The number of aliphatic carboxylic acids is 1. The average Bonchev–Trinajstić information content (AvgIpc) is 2.04. The van der Waals surface area contributed by atoms with Crippen molar-refractivity contribution in [2.24, 2.45) is 0 Å². The molecule has 0 amide bonds. The molecule has 0 aliphatic heterocycles. The Bertz CT molecular complexity index is 311. The van der Waals surface area contributed by atoms with Gasteiger partial charge in [-0.2, -0.15) is 0 Å². The van der Waals surface area contributed by atoms with E-state index >= 15 is 0 Å². The summed E-state index contributed by atoms with van der Waals surface area (Å²) in [4.78, 5) is 10.7. The number of methoxy groups -OCH3 is 1. The van der Waals surface area contributed by atoms with Gasteiger partial charge in [-0.15, -0.1) is 0 Å². The maximum atomic E-state index is 10.7. The average molecular weight is 201 g/mol. The van der Waals surface area contributed by atoms with E-state index in [2.05, 4.69) is 0 Å². The van der Waals surface area contributed by atoms with Crippen LogP contribution in [0.1, 0.15) is 11.7 Å². The lowest BCUT2D eigenvalue weighted by atomic mass is 10.1. The molecule has 0 saturated carbocycles. The smallest absolute Gasteiger partial charge is 0.337 e. The highest BCUT2D eigenvalue weighted by atomic mass is 35.5. The first-order chi connectivity index (χ1) is 6.15. The van der Waals surface area contributed by atoms with Gasteiger partial charge in [0.2, 0.25) is 0 Å². The molecule has 1 aromatic rings. The Labute approximate surface area is 80.9 Å². The van der Waals surface area contributed by atoms with E-state index in [4.69, 9.17) is 21.4 Å². The van der Waals surface area contributed by atoms with E-state index in [0.29, 0.717) is 10.6 Å². The summed E-state index contributed by atoms with van der Waals surface area (Å²) >= 11 is 5.70. The van der Waals surface area contributed by atoms with Gasteiger partial charge in [-0.3, -0.25) is 0 Å². The SMILES string of the molecule is COC(C(=O)O)c1cccc(Cl)c1. The number of benzene rings is 1. The van der Waals surface area contributed by atoms with Crippen LogP contribution < -0.4 is 0 Å². The van der Waals surface area contributed by atoms with Crippen LogP contribution >= 0.6 is 11.6 Å². The highest BCUT2D eigenvalue weighted by molar-refractivity contribution is 6.30. The molecule has 70 valence electrons. The van der Waals surface area contributed by atoms with Gasteiger partial charge in [0.05, 0.1) is 0 Å². The van der Waals surface area contributed by atoms with Crippen molar-refractivity contribution < 1.29 is 14.6 Å². The Hall–Kier alpha value is -1.06. The van der Waals surface area contributed by atoms with E-state index < -0.39 is 12.1 Å². The first-order valence-corrected chi connectivity index (χ1v) is 4.04. The molecule has 13 heavy (non-hydrogen) atoms. The van der Waals surface area contributed by atoms with Gasteiger partial charge < -0.3 is 9.84 Å². The summed E-state index contributed by atoms with van der Waals surface area (Å²) in [7, 11) is 1.35. The van der Waals surface area contributed by atoms with Crippen molar-refractivity contribution in [2.45, 2.75) is 6.10 Å². The Morgan fingerprint density at radius 3 is 2.77 bits per heavy atom. The third kappa shape index (κ3) is 2.44. The van der Waals surface area contributed by atoms with Crippen LogP contribution in [0, 0.1) is 0 Å². The molecule has 1 rings (SSSR count). The highest BCUT2D eigenvalue weighted by Gasteiger charge is 2.18. The van der Waals surface area contributed by atoms with Crippen molar-refractivity contribution in [3.05, 3.63) is 34.9 Å². The van der Waals surface area contributed by atoms with E-state index in [1.807, 2.05) is 0 Å². The number of rotatable bonds is 3. The molecule has 3 nitrogen and oxygen atoms in total. The normalized spacial score (nSPS) is 12.5. The summed E-state index contributed by atoms with van der Waals surface area (Å²) < 4.78 is 4.79. The van der Waals surface area contributed by atoms with Gasteiger partial charge >= 0.3 is 5.97 Å². The third-order valence-corrected chi connectivity index (χ3v) is 1.85. The molecule has 1 N–H and O–H groups in total. The Balaban J connectivity index is 2.98. The Morgan fingerprint density at radius 2 is 2.31 bits per heavy atom. The minimum absolute atomic E-state index is 0.501. The zero-order valence-corrected chi connectivity index (χ0v) is 7.78. The van der Waals surface area contributed by atoms with E-state index in [9.17, 15) is 4.79 Å². The molecule has 4 heteroatoms. The third-order valence-electron chi connectivity index (χ3n) is 1.61. The first kappa shape index (κ1) is 10.0. The largest absolute Gasteiger partial charge is 0.479 e. The van der Waals surface area contributed by atoms with Crippen LogP contribution in [0.2, 0.25) is 5.02 Å². The molecule has 0 aromatic heterocycles. The van der Waals surface area contributed by atoms with Crippen molar-refractivity contribution in [1.82, 2.24) is 0 Å². The van der Waals surface area contributed by atoms with E-state index in [0.717, 1.165) is 0 Å². The Kier molecular flexibility index (Phi) is 3.28. The number of hydrogen-bond donors (Lipinski definition) is 1. The molecule has 0 aliphatic rings. The van der Waals surface area contributed by atoms with Crippen LogP contribution in [0.4, 0.5) is 0 Å². The number of ether oxygens (including phenoxy) is 1. The monoisotopic (exact) mass is 200 g/mol. The summed E-state index contributed by atoms with van der Waals surface area (Å²) in [6.07, 6.45) is -0.946. The standard InChI is InChI=1S/C9H9ClO3/c1-13-8(9(11)12)6-3-2-4-7(10)5-6/h2-5,8H,1H3,(H,11,12). The second kappa shape index (κ2) is 4.25. The molecule has 0 fully saturated rings. The topological polar surface area (TPSA) is 46.5 Å². The summed E-state index contributed by atoms with van der Waals surface area (Å²) in [5, 5.41) is 9.25. The number of halogens is 1. The van der Waals surface area contributed by atoms with Crippen LogP contribution in [0.3, 0.4) is 0 Å². The van der Waals surface area contributed by atoms with Crippen LogP contribution in [0.25, 0.3) is 0 Å². The summed E-state index contributed by atoms with van der Waals surface area (Å²) in [5.74, 6) is -1.02. The van der Waals surface area contributed by atoms with Gasteiger partial charge in [-0.1, -0.05) is 23.7 Å². The van der Waals surface area contributed by atoms with Gasteiger partial charge in [0.15, 0.2) is 6.10 Å². The molecular formula is C9H9ClO3. The molecule has 1 unspecified atom stereocenters. The lowest BCUT2D eigenvalue weighted by Gasteiger charge is -2.10. The first-order valence-electron chi connectivity index (χ1n) is 3.66. The van der Waals surface area contributed by atoms with E-state index in [1.54, 1.807) is 24.3 Å². The molecule has 0 radical (unpaired) electrons. The van der Waals surface area contributed by atoms with Crippen molar-refractivity contribution in [1.29, 1.82) is 0 Å². The summed E-state index contributed by atoms with van der Waals surface area (Å²) in [6.45, 7) is 0. The molecule has 0 aliphatic carbocycles. The molecule has 0 saturated heterocycles. The van der Waals surface area contributed by atoms with Crippen molar-refractivity contribution in [3.63, 3.8) is 0 Å². The molecule has 0 spiro atoms. The lowest BCUT2D eigenvalue weighted by Crippen LogP contribution is -2.13. The van der Waals surface area contributed by atoms with Crippen LogP contribution in [0.15, 0.2) is 24.3 Å². The van der Waals surface area contributed by atoms with Gasteiger partial charge in [-0.05, 0) is 17.7 Å². The second-order valence-electron chi connectivity index (χ2n) is 2.51. The molecular weight excluding hydrogens is 192 g/mol. The zero-order valence-electron chi connectivity index (χ0n) is 7.03. The van der Waals surface area contributed by atoms with Crippen LogP contribution in [0.5, 0.6) is 0 Å². The maximum Gasteiger partial charge on any atom is 0.337 e. The fourth-order valence-corrected chi connectivity index (χ4v) is 1.25. The highest BCUT2D eigenvalue weighted by Crippen LogP contribution is 2.20. The minimum Gasteiger partial charge on any atom is -0.479 e. The maximum absolute atomic E-state index is 10.7. The minimum atomic E-state index is -1.02. The van der Waals surface area contributed by atoms with Crippen molar-refractivity contribution in [3.8, 4) is 0 Å². The van der Waals surface area contributed by atoms with Crippen molar-refractivity contribution in [2.75, 3.05) is 7.11 Å². The zero-order chi connectivity index (χ0) is 9.84. The number of carbonyl (C=O) groups is 1. The van der Waals surface area contributed by atoms with Gasteiger partial charge in [0.1, 0.15) is 0 Å². The van der Waals surface area contributed by atoms with E-state index in [1.165, 1.54) is 7.11 Å². The Morgan fingerprint density at radius 1 is 1.62 bits per heavy atom. The van der Waals surface area contributed by atoms with Crippen molar-refractivity contribution >= 4 is 17.6 Å². The second-order valence-corrected chi connectivity index (χ2v) is 2.95. The molecule has 1 atom stereocenters. The molecule has 1 aromatic carbocycles. The molecule has 0 bridgehead atoms. The number of hydrogen-bond acceptors (Lipinski definition) is 2. The van der Waals surface area contributed by atoms with Gasteiger partial charge in [-0.25, -0.2) is 4.79 Å². The number of carboxylic acid groups (broad SMARTS) is 1. The fourth-order valence-electron chi connectivity index (χ4n) is 1.05. The van der Waals surface area contributed by atoms with E-state index in [-0.39, 0.29) is 0 Å². The summed E-state index contributed by atoms with van der Waals surface area (Å²) in [5.41, 5.74) is 0.544. The van der Waals surface area contributed by atoms with Crippen LogP contribution in [-0.2, 0) is 9.53 Å². The van der Waals surface area contributed by atoms with Gasteiger partial charge in [0.25, 0.3) is 0 Å². The van der Waals surface area contributed by atoms with Crippen LogP contribution in [-0.4, -0.2) is 18.2 Å². The summed E-state index contributed by atoms with van der Waals surface area (Å²) in [6, 6.07) is 6.60. The fraction of sp³-hybridized carbons (Fsp3) is 0.222. The van der Waals surface area contributed by atoms with Gasteiger partial charge in [0, 0.05) is 12.1 Å². The number of carboxylic acids is 1. The quantitative estimate of drug-likeness (QED) is 0.813. The predicted octanol–water partition coefficient (Wildman–Crippen LogP) is 2.11. The lowest BCUT2D eigenvalue weighted by molar-refractivity contribution is -0.148.